The van der Waals surface area contributed by atoms with E-state index >= 15 is 0 Å². The maximum absolute atomic E-state index is 13.3. The first-order chi connectivity index (χ1) is 9.90. The van der Waals surface area contributed by atoms with Crippen LogP contribution < -0.4 is 4.74 Å². The molecule has 21 heavy (non-hydrogen) atoms. The lowest BCUT2D eigenvalue weighted by molar-refractivity contribution is -0.0512. The van der Waals surface area contributed by atoms with E-state index in [0.717, 1.165) is 0 Å². The van der Waals surface area contributed by atoms with Gasteiger partial charge in [0.1, 0.15) is 17.7 Å². The molecule has 0 aliphatic heterocycles. The van der Waals surface area contributed by atoms with Crippen LogP contribution in [0, 0.1) is 19.7 Å². The Balaban J connectivity index is 2.48. The van der Waals surface area contributed by atoms with Crippen LogP contribution in [-0.2, 0) is 0 Å². The summed E-state index contributed by atoms with van der Waals surface area (Å²) in [4.78, 5) is 0. The number of hydrogen-bond acceptors (Lipinski definition) is 2. The van der Waals surface area contributed by atoms with Crippen LogP contribution in [0.1, 0.15) is 28.4 Å². The molecule has 0 aromatic heterocycles. The summed E-state index contributed by atoms with van der Waals surface area (Å²) in [6, 6.07) is 8.61. The van der Waals surface area contributed by atoms with Crippen LogP contribution >= 0.6 is 0 Å². The third-order valence-electron chi connectivity index (χ3n) is 3.26. The van der Waals surface area contributed by atoms with E-state index < -0.39 is 18.5 Å². The van der Waals surface area contributed by atoms with Crippen molar-refractivity contribution < 1.29 is 23.0 Å². The molecule has 0 heterocycles. The van der Waals surface area contributed by atoms with E-state index in [-0.39, 0.29) is 11.3 Å². The number of rotatable bonds is 4. The highest BCUT2D eigenvalue weighted by Gasteiger charge is 2.21. The predicted octanol–water partition coefficient (Wildman–Crippen LogP) is 4.13. The Morgan fingerprint density at radius 2 is 1.62 bits per heavy atom. The quantitative estimate of drug-likeness (QED) is 0.919. The van der Waals surface area contributed by atoms with Crippen LogP contribution in [0.5, 0.6) is 5.75 Å². The van der Waals surface area contributed by atoms with Crippen LogP contribution in [0.25, 0.3) is 0 Å². The summed E-state index contributed by atoms with van der Waals surface area (Å²) < 4.78 is 42.6. The molecule has 0 spiro atoms. The number of aliphatic hydroxyl groups excluding tert-OH is 1. The van der Waals surface area contributed by atoms with Gasteiger partial charge < -0.3 is 9.84 Å². The number of alkyl halides is 2. The van der Waals surface area contributed by atoms with Gasteiger partial charge in [-0.3, -0.25) is 0 Å². The Hall–Kier alpha value is -2.01. The number of halogens is 3. The van der Waals surface area contributed by atoms with Crippen molar-refractivity contribution in [1.29, 1.82) is 0 Å². The van der Waals surface area contributed by atoms with Gasteiger partial charge in [0, 0.05) is 5.56 Å². The van der Waals surface area contributed by atoms with Crippen molar-refractivity contribution >= 4 is 0 Å². The second-order valence-corrected chi connectivity index (χ2v) is 4.77. The van der Waals surface area contributed by atoms with E-state index in [1.807, 2.05) is 0 Å². The zero-order valence-corrected chi connectivity index (χ0v) is 11.6. The van der Waals surface area contributed by atoms with Crippen molar-refractivity contribution in [3.8, 4) is 5.75 Å². The average molecular weight is 296 g/mol. The largest absolute Gasteiger partial charge is 0.434 e. The summed E-state index contributed by atoms with van der Waals surface area (Å²) >= 11 is 0. The molecule has 0 radical (unpaired) electrons. The third-order valence-corrected chi connectivity index (χ3v) is 3.26. The standard InChI is InChI=1S/C16H15F3O2/c1-9-7-11(17)8-10(2)14(9)15(20)12-5-3-4-6-13(12)21-16(18)19/h3-8,15-16,20H,1-2H3. The van der Waals surface area contributed by atoms with E-state index in [0.29, 0.717) is 16.7 Å². The van der Waals surface area contributed by atoms with Gasteiger partial charge in [0.25, 0.3) is 0 Å². The fraction of sp³-hybridized carbons (Fsp3) is 0.250. The van der Waals surface area contributed by atoms with Gasteiger partial charge in [0.15, 0.2) is 0 Å². The fourth-order valence-corrected chi connectivity index (χ4v) is 2.42. The predicted molar refractivity (Wildman–Crippen MR) is 73.0 cm³/mol. The van der Waals surface area contributed by atoms with E-state index in [1.54, 1.807) is 19.9 Å². The molecule has 0 aliphatic rings. The van der Waals surface area contributed by atoms with Crippen molar-refractivity contribution in [1.82, 2.24) is 0 Å². The molecule has 1 atom stereocenters. The molecule has 2 aromatic rings. The third kappa shape index (κ3) is 3.36. The number of aryl methyl sites for hydroxylation is 2. The Morgan fingerprint density at radius 1 is 1.05 bits per heavy atom. The van der Waals surface area contributed by atoms with Gasteiger partial charge >= 0.3 is 6.61 Å². The van der Waals surface area contributed by atoms with Crippen molar-refractivity contribution in [3.63, 3.8) is 0 Å². The van der Waals surface area contributed by atoms with Gasteiger partial charge in [-0.2, -0.15) is 8.78 Å². The van der Waals surface area contributed by atoms with Crippen molar-refractivity contribution in [2.75, 3.05) is 0 Å². The van der Waals surface area contributed by atoms with Gasteiger partial charge in [0.2, 0.25) is 0 Å². The second kappa shape index (κ2) is 6.18. The van der Waals surface area contributed by atoms with E-state index in [2.05, 4.69) is 4.74 Å². The van der Waals surface area contributed by atoms with E-state index in [1.165, 1.54) is 30.3 Å². The fourth-order valence-electron chi connectivity index (χ4n) is 2.42. The molecule has 0 amide bonds. The Kier molecular flexibility index (Phi) is 4.53. The first-order valence-electron chi connectivity index (χ1n) is 6.38. The highest BCUT2D eigenvalue weighted by molar-refractivity contribution is 5.45. The first-order valence-corrected chi connectivity index (χ1v) is 6.38. The molecular formula is C16H15F3O2. The van der Waals surface area contributed by atoms with Crippen LogP contribution in [0.15, 0.2) is 36.4 Å². The highest BCUT2D eigenvalue weighted by atomic mass is 19.3. The maximum atomic E-state index is 13.3. The zero-order valence-electron chi connectivity index (χ0n) is 11.6. The summed E-state index contributed by atoms with van der Waals surface area (Å²) in [6.07, 6.45) is -1.17. The smallest absolute Gasteiger partial charge is 0.387 e. The van der Waals surface area contributed by atoms with Crippen LogP contribution in [0.4, 0.5) is 13.2 Å². The second-order valence-electron chi connectivity index (χ2n) is 4.77. The minimum atomic E-state index is -2.98. The van der Waals surface area contributed by atoms with Crippen LogP contribution in [-0.4, -0.2) is 11.7 Å². The monoisotopic (exact) mass is 296 g/mol. The van der Waals surface area contributed by atoms with Crippen LogP contribution in [0.3, 0.4) is 0 Å². The molecule has 1 N–H and O–H groups in total. The van der Waals surface area contributed by atoms with E-state index in [4.69, 9.17) is 0 Å². The SMILES string of the molecule is Cc1cc(F)cc(C)c1C(O)c1ccccc1OC(F)F. The number of benzene rings is 2. The molecule has 2 nitrogen and oxygen atoms in total. The Bertz CT molecular complexity index is 618. The Morgan fingerprint density at radius 3 is 2.19 bits per heavy atom. The number of ether oxygens (including phenoxy) is 1. The van der Waals surface area contributed by atoms with Gasteiger partial charge in [-0.25, -0.2) is 4.39 Å². The summed E-state index contributed by atoms with van der Waals surface area (Å²) in [5.41, 5.74) is 1.80. The molecule has 0 aliphatic carbocycles. The highest BCUT2D eigenvalue weighted by Crippen LogP contribution is 2.34. The molecule has 0 bridgehead atoms. The summed E-state index contributed by atoms with van der Waals surface area (Å²) in [5, 5.41) is 10.5. The summed E-state index contributed by atoms with van der Waals surface area (Å²) in [5.74, 6) is -0.499. The average Bonchev–Trinajstić information content (AvgIpc) is 2.37. The first kappa shape index (κ1) is 15.4. The lowest BCUT2D eigenvalue weighted by Gasteiger charge is -2.19. The number of hydrogen-bond donors (Lipinski definition) is 1. The van der Waals surface area contributed by atoms with Crippen molar-refractivity contribution in [2.45, 2.75) is 26.6 Å². The van der Waals surface area contributed by atoms with E-state index in [9.17, 15) is 18.3 Å². The molecule has 2 aromatic carbocycles. The number of aliphatic hydroxyl groups is 1. The lowest BCUT2D eigenvalue weighted by atomic mass is 9.93. The summed E-state index contributed by atoms with van der Waals surface area (Å²) in [6.45, 7) is 0.338. The van der Waals surface area contributed by atoms with Crippen molar-refractivity contribution in [2.24, 2.45) is 0 Å². The maximum Gasteiger partial charge on any atom is 0.387 e. The van der Waals surface area contributed by atoms with Crippen LogP contribution in [0.2, 0.25) is 0 Å². The molecule has 1 unspecified atom stereocenters. The minimum Gasteiger partial charge on any atom is -0.434 e. The van der Waals surface area contributed by atoms with Gasteiger partial charge in [-0.1, -0.05) is 18.2 Å². The Labute approximate surface area is 120 Å². The minimum absolute atomic E-state index is 0.0943. The van der Waals surface area contributed by atoms with Gasteiger partial charge in [0.05, 0.1) is 0 Å². The molecule has 5 heteroatoms. The molecule has 112 valence electrons. The normalized spacial score (nSPS) is 12.5. The molecule has 0 fully saturated rings. The van der Waals surface area contributed by atoms with Crippen molar-refractivity contribution in [3.05, 3.63) is 64.5 Å². The molecule has 2 rings (SSSR count). The summed E-state index contributed by atoms with van der Waals surface area (Å²) in [7, 11) is 0. The molecule has 0 saturated heterocycles. The molecular weight excluding hydrogens is 281 g/mol. The lowest BCUT2D eigenvalue weighted by Crippen LogP contribution is -2.10. The molecule has 0 saturated carbocycles. The number of para-hydroxylation sites is 1. The van der Waals surface area contributed by atoms with Gasteiger partial charge in [-0.15, -0.1) is 0 Å². The van der Waals surface area contributed by atoms with Gasteiger partial charge in [-0.05, 0) is 48.7 Å². The zero-order chi connectivity index (χ0) is 15.6. The topological polar surface area (TPSA) is 29.5 Å².